The molecule has 3 rings (SSSR count). The Labute approximate surface area is 127 Å². The van der Waals surface area contributed by atoms with Crippen LogP contribution in [-0.2, 0) is 10.0 Å². The van der Waals surface area contributed by atoms with E-state index in [2.05, 4.69) is 14.7 Å². The molecule has 1 aromatic heterocycles. The fourth-order valence-corrected chi connectivity index (χ4v) is 3.11. The monoisotopic (exact) mass is 315 g/mol. The van der Waals surface area contributed by atoms with E-state index in [9.17, 15) is 13.2 Å². The lowest BCUT2D eigenvalue weighted by Gasteiger charge is -2.06. The van der Waals surface area contributed by atoms with Crippen LogP contribution in [0, 0.1) is 6.92 Å². The number of sulfonamides is 1. The lowest BCUT2D eigenvalue weighted by molar-refractivity contribution is 0.0981. The second-order valence-electron chi connectivity index (χ2n) is 4.80. The lowest BCUT2D eigenvalue weighted by Crippen LogP contribution is -2.30. The molecule has 7 heteroatoms. The molecule has 2 aromatic carbocycles. The van der Waals surface area contributed by atoms with E-state index in [1.165, 1.54) is 12.1 Å². The quantitative estimate of drug-likeness (QED) is 0.773. The molecular formula is C15H13N3O3S. The molecule has 1 heterocycles. The van der Waals surface area contributed by atoms with Crippen molar-refractivity contribution in [3.8, 4) is 0 Å². The number of carbonyl (C=O) groups excluding carboxylic acids is 1. The molecule has 1 amide bonds. The van der Waals surface area contributed by atoms with E-state index in [1.54, 1.807) is 43.3 Å². The van der Waals surface area contributed by atoms with Crippen molar-refractivity contribution in [2.24, 2.45) is 0 Å². The molecular weight excluding hydrogens is 302 g/mol. The number of H-pyrrole nitrogens is 1. The number of carbonyl (C=O) groups is 1. The van der Waals surface area contributed by atoms with Crippen LogP contribution < -0.4 is 4.72 Å². The van der Waals surface area contributed by atoms with Gasteiger partial charge in [0.15, 0.2) is 0 Å². The molecule has 0 spiro atoms. The van der Waals surface area contributed by atoms with Crippen molar-refractivity contribution in [3.05, 3.63) is 59.9 Å². The number of hydrogen-bond donors (Lipinski definition) is 2. The van der Waals surface area contributed by atoms with Gasteiger partial charge in [0.2, 0.25) is 0 Å². The van der Waals surface area contributed by atoms with Crippen LogP contribution >= 0.6 is 0 Å². The summed E-state index contributed by atoms with van der Waals surface area (Å²) in [6, 6.07) is 12.5. The van der Waals surface area contributed by atoms with Gasteiger partial charge in [-0.15, -0.1) is 0 Å². The van der Waals surface area contributed by atoms with E-state index < -0.39 is 15.9 Å². The van der Waals surface area contributed by atoms with Crippen molar-refractivity contribution >= 4 is 27.0 Å². The third-order valence-corrected chi connectivity index (χ3v) is 4.49. The Balaban J connectivity index is 1.90. The van der Waals surface area contributed by atoms with Crippen LogP contribution in [0.3, 0.4) is 0 Å². The summed E-state index contributed by atoms with van der Waals surface area (Å²) in [5.41, 5.74) is 1.65. The lowest BCUT2D eigenvalue weighted by atomic mass is 10.2. The summed E-state index contributed by atoms with van der Waals surface area (Å²) in [4.78, 5) is 19.4. The zero-order valence-electron chi connectivity index (χ0n) is 11.7. The molecule has 0 atom stereocenters. The molecule has 22 heavy (non-hydrogen) atoms. The first-order valence-corrected chi connectivity index (χ1v) is 8.02. The van der Waals surface area contributed by atoms with Gasteiger partial charge in [-0.3, -0.25) is 4.79 Å². The minimum absolute atomic E-state index is 0.0433. The first kappa shape index (κ1) is 14.3. The van der Waals surface area contributed by atoms with Gasteiger partial charge in [0.1, 0.15) is 5.82 Å². The number of nitrogens with zero attached hydrogens (tertiary/aromatic N) is 1. The van der Waals surface area contributed by atoms with Crippen molar-refractivity contribution in [2.45, 2.75) is 11.8 Å². The molecule has 6 nitrogen and oxygen atoms in total. The Bertz CT molecular complexity index is 947. The van der Waals surface area contributed by atoms with Crippen LogP contribution in [0.15, 0.2) is 53.4 Å². The van der Waals surface area contributed by atoms with Crippen molar-refractivity contribution in [3.63, 3.8) is 0 Å². The Morgan fingerprint density at radius 2 is 1.86 bits per heavy atom. The second-order valence-corrected chi connectivity index (χ2v) is 6.48. The minimum Gasteiger partial charge on any atom is -0.342 e. The fourth-order valence-electron chi connectivity index (χ4n) is 2.12. The van der Waals surface area contributed by atoms with Gasteiger partial charge in [0.25, 0.3) is 15.9 Å². The summed E-state index contributed by atoms with van der Waals surface area (Å²) >= 11 is 0. The normalized spacial score (nSPS) is 11.5. The number of aromatic nitrogens is 2. The zero-order chi connectivity index (χ0) is 15.7. The molecule has 0 fully saturated rings. The predicted octanol–water partition coefficient (Wildman–Crippen LogP) is 1.99. The molecule has 0 bridgehead atoms. The maximum absolute atomic E-state index is 12.2. The zero-order valence-corrected chi connectivity index (χ0v) is 12.5. The van der Waals surface area contributed by atoms with E-state index in [4.69, 9.17) is 0 Å². The first-order valence-electron chi connectivity index (χ1n) is 6.54. The number of aryl methyl sites for hydroxylation is 1. The Hall–Kier alpha value is -2.67. The van der Waals surface area contributed by atoms with E-state index in [1.807, 2.05) is 0 Å². The van der Waals surface area contributed by atoms with Crippen molar-refractivity contribution in [1.82, 2.24) is 14.7 Å². The number of hydrogen-bond acceptors (Lipinski definition) is 4. The minimum atomic E-state index is -3.88. The number of nitrogens with one attached hydrogen (secondary N) is 2. The molecule has 112 valence electrons. The summed E-state index contributed by atoms with van der Waals surface area (Å²) in [5, 5.41) is 0. The second kappa shape index (κ2) is 5.27. The van der Waals surface area contributed by atoms with Gasteiger partial charge in [-0.05, 0) is 37.3 Å². The van der Waals surface area contributed by atoms with Crippen molar-refractivity contribution in [1.29, 1.82) is 0 Å². The topological polar surface area (TPSA) is 91.9 Å². The van der Waals surface area contributed by atoms with Crippen LogP contribution in [-0.4, -0.2) is 24.3 Å². The van der Waals surface area contributed by atoms with Gasteiger partial charge in [-0.1, -0.05) is 18.2 Å². The summed E-state index contributed by atoms with van der Waals surface area (Å²) in [5.74, 6) is 0.0440. The molecule has 0 aliphatic rings. The highest BCUT2D eigenvalue weighted by atomic mass is 32.2. The molecule has 3 aromatic rings. The molecule has 0 unspecified atom stereocenters. The van der Waals surface area contributed by atoms with E-state index in [-0.39, 0.29) is 10.5 Å². The number of amides is 1. The Kier molecular flexibility index (Phi) is 3.42. The highest BCUT2D eigenvalue weighted by molar-refractivity contribution is 7.90. The van der Waals surface area contributed by atoms with Crippen LogP contribution in [0.25, 0.3) is 11.0 Å². The first-order chi connectivity index (χ1) is 10.5. The standard InChI is InChI=1S/C15H13N3O3S/c1-10-16-13-8-7-11(9-14(13)17-10)15(19)18-22(20,21)12-5-3-2-4-6-12/h2-9H,1H3,(H,16,17)(H,18,19). The van der Waals surface area contributed by atoms with Gasteiger partial charge >= 0.3 is 0 Å². The van der Waals surface area contributed by atoms with Crippen LogP contribution in [0.4, 0.5) is 0 Å². The number of rotatable bonds is 3. The third kappa shape index (κ3) is 2.71. The Morgan fingerprint density at radius 3 is 2.59 bits per heavy atom. The number of fused-ring (bicyclic) bond motifs is 1. The van der Waals surface area contributed by atoms with Gasteiger partial charge < -0.3 is 4.98 Å². The average Bonchev–Trinajstić information content (AvgIpc) is 2.86. The Morgan fingerprint density at radius 1 is 1.14 bits per heavy atom. The average molecular weight is 315 g/mol. The van der Waals surface area contributed by atoms with Gasteiger partial charge in [0, 0.05) is 5.56 Å². The smallest absolute Gasteiger partial charge is 0.265 e. The van der Waals surface area contributed by atoms with Crippen molar-refractivity contribution in [2.75, 3.05) is 0 Å². The maximum Gasteiger partial charge on any atom is 0.265 e. The largest absolute Gasteiger partial charge is 0.342 e. The van der Waals surface area contributed by atoms with Gasteiger partial charge in [-0.2, -0.15) is 0 Å². The number of imidazole rings is 1. The van der Waals surface area contributed by atoms with Crippen LogP contribution in [0.5, 0.6) is 0 Å². The van der Waals surface area contributed by atoms with Crippen molar-refractivity contribution < 1.29 is 13.2 Å². The molecule has 0 aliphatic heterocycles. The predicted molar refractivity (Wildman–Crippen MR) is 81.9 cm³/mol. The molecule has 0 saturated heterocycles. The molecule has 0 aliphatic carbocycles. The highest BCUT2D eigenvalue weighted by Crippen LogP contribution is 2.14. The van der Waals surface area contributed by atoms with E-state index in [0.29, 0.717) is 5.52 Å². The van der Waals surface area contributed by atoms with Crippen LogP contribution in [0.2, 0.25) is 0 Å². The maximum atomic E-state index is 12.2. The third-order valence-electron chi connectivity index (χ3n) is 3.14. The SMILES string of the molecule is Cc1nc2ccc(C(=O)NS(=O)(=O)c3ccccc3)cc2[nH]1. The van der Waals surface area contributed by atoms with Gasteiger partial charge in [-0.25, -0.2) is 18.1 Å². The summed E-state index contributed by atoms with van der Waals surface area (Å²) in [6.07, 6.45) is 0. The summed E-state index contributed by atoms with van der Waals surface area (Å²) in [6.45, 7) is 1.81. The van der Waals surface area contributed by atoms with Crippen LogP contribution in [0.1, 0.15) is 16.2 Å². The molecule has 0 saturated carbocycles. The van der Waals surface area contributed by atoms with E-state index in [0.717, 1.165) is 11.3 Å². The number of benzene rings is 2. The fraction of sp³-hybridized carbons (Fsp3) is 0.0667. The summed E-state index contributed by atoms with van der Waals surface area (Å²) < 4.78 is 26.3. The van der Waals surface area contributed by atoms with E-state index >= 15 is 0 Å². The van der Waals surface area contributed by atoms with Gasteiger partial charge in [0.05, 0.1) is 15.9 Å². The summed E-state index contributed by atoms with van der Waals surface area (Å²) in [7, 11) is -3.88. The molecule has 2 N–H and O–H groups in total. The number of aromatic amines is 1. The highest BCUT2D eigenvalue weighted by Gasteiger charge is 2.18. The molecule has 0 radical (unpaired) electrons.